The number of hydrogen-bond acceptors (Lipinski definition) is 6. The molecule has 0 saturated heterocycles. The zero-order valence-electron chi connectivity index (χ0n) is 21.0. The van der Waals surface area contributed by atoms with Crippen LogP contribution in [0, 0.1) is 23.1 Å². The lowest BCUT2D eigenvalue weighted by atomic mass is 10.0. The van der Waals surface area contributed by atoms with Gasteiger partial charge in [0.05, 0.1) is 29.4 Å². The standard InChI is InChI=1S/C28H26BrFN4O4/c1-17(2)25(33-27(35)21-8-10-22(30)11-9-21)28(36)34-32-15-20-12-23(29)26(24(13-20)37-3)38-16-19-6-4-18(14-31)5-7-19/h4-13,15,17,25H,16H2,1-3H3,(H,33,35)(H,34,36). The van der Waals surface area contributed by atoms with Crippen LogP contribution >= 0.6 is 15.9 Å². The van der Waals surface area contributed by atoms with Crippen molar-refractivity contribution >= 4 is 34.0 Å². The summed E-state index contributed by atoms with van der Waals surface area (Å²) in [5.74, 6) is -0.735. The van der Waals surface area contributed by atoms with E-state index in [1.807, 2.05) is 12.1 Å². The molecule has 2 amide bonds. The van der Waals surface area contributed by atoms with Crippen LogP contribution in [0.2, 0.25) is 0 Å². The number of hydrogen-bond donors (Lipinski definition) is 2. The second-order valence-electron chi connectivity index (χ2n) is 8.57. The molecule has 38 heavy (non-hydrogen) atoms. The molecule has 0 heterocycles. The maximum Gasteiger partial charge on any atom is 0.262 e. The molecule has 0 fully saturated rings. The van der Waals surface area contributed by atoms with Gasteiger partial charge < -0.3 is 14.8 Å². The van der Waals surface area contributed by atoms with Gasteiger partial charge in [-0.15, -0.1) is 0 Å². The van der Waals surface area contributed by atoms with E-state index < -0.39 is 23.7 Å². The van der Waals surface area contributed by atoms with Gasteiger partial charge in [-0.2, -0.15) is 10.4 Å². The second-order valence-corrected chi connectivity index (χ2v) is 9.42. The smallest absolute Gasteiger partial charge is 0.262 e. The first-order valence-electron chi connectivity index (χ1n) is 11.6. The van der Waals surface area contributed by atoms with Crippen LogP contribution in [-0.2, 0) is 11.4 Å². The summed E-state index contributed by atoms with van der Waals surface area (Å²) in [6.45, 7) is 3.85. The van der Waals surface area contributed by atoms with Crippen LogP contribution in [0.5, 0.6) is 11.5 Å². The van der Waals surface area contributed by atoms with Gasteiger partial charge in [-0.05, 0) is 81.5 Å². The minimum Gasteiger partial charge on any atom is -0.493 e. The highest BCUT2D eigenvalue weighted by atomic mass is 79.9. The first kappa shape index (κ1) is 28.3. The van der Waals surface area contributed by atoms with Crippen molar-refractivity contribution in [2.75, 3.05) is 7.11 Å². The molecular formula is C28H26BrFN4O4. The lowest BCUT2D eigenvalue weighted by Gasteiger charge is -2.20. The van der Waals surface area contributed by atoms with Crippen molar-refractivity contribution in [2.24, 2.45) is 11.0 Å². The van der Waals surface area contributed by atoms with Crippen molar-refractivity contribution in [1.82, 2.24) is 10.7 Å². The van der Waals surface area contributed by atoms with Crippen LogP contribution in [0.1, 0.15) is 40.9 Å². The van der Waals surface area contributed by atoms with E-state index in [1.54, 1.807) is 38.1 Å². The summed E-state index contributed by atoms with van der Waals surface area (Å²) in [5.41, 5.74) is 4.77. The predicted molar refractivity (Wildman–Crippen MR) is 144 cm³/mol. The van der Waals surface area contributed by atoms with Crippen molar-refractivity contribution in [3.63, 3.8) is 0 Å². The van der Waals surface area contributed by atoms with Crippen LogP contribution in [0.3, 0.4) is 0 Å². The normalized spacial score (nSPS) is 11.6. The summed E-state index contributed by atoms with van der Waals surface area (Å²) in [5, 5.41) is 15.6. The van der Waals surface area contributed by atoms with Crippen molar-refractivity contribution in [2.45, 2.75) is 26.5 Å². The first-order valence-corrected chi connectivity index (χ1v) is 12.4. The average Bonchev–Trinajstić information content (AvgIpc) is 2.91. The highest BCUT2D eigenvalue weighted by Crippen LogP contribution is 2.36. The van der Waals surface area contributed by atoms with Crippen LogP contribution in [-0.4, -0.2) is 31.2 Å². The van der Waals surface area contributed by atoms with E-state index in [-0.39, 0.29) is 18.1 Å². The van der Waals surface area contributed by atoms with E-state index in [2.05, 4.69) is 37.8 Å². The van der Waals surface area contributed by atoms with Crippen molar-refractivity contribution in [3.05, 3.63) is 93.2 Å². The van der Waals surface area contributed by atoms with Gasteiger partial charge in [0.15, 0.2) is 11.5 Å². The van der Waals surface area contributed by atoms with Gasteiger partial charge in [0.2, 0.25) is 0 Å². The number of methoxy groups -OCH3 is 1. The van der Waals surface area contributed by atoms with Crippen LogP contribution in [0.15, 0.2) is 70.2 Å². The summed E-state index contributed by atoms with van der Waals surface area (Å²) in [7, 11) is 1.51. The van der Waals surface area contributed by atoms with E-state index in [0.29, 0.717) is 27.1 Å². The molecule has 0 aliphatic rings. The third kappa shape index (κ3) is 7.63. The predicted octanol–water partition coefficient (Wildman–Crippen LogP) is 4.95. The highest BCUT2D eigenvalue weighted by molar-refractivity contribution is 9.10. The molecule has 1 unspecified atom stereocenters. The number of carbonyl (C=O) groups is 2. The molecule has 0 spiro atoms. The number of hydrazone groups is 1. The van der Waals surface area contributed by atoms with Crippen molar-refractivity contribution in [1.29, 1.82) is 5.26 Å². The topological polar surface area (TPSA) is 113 Å². The molecule has 0 aliphatic carbocycles. The molecule has 1 atom stereocenters. The molecule has 196 valence electrons. The Labute approximate surface area is 228 Å². The maximum absolute atomic E-state index is 13.1. The van der Waals surface area contributed by atoms with Crippen LogP contribution < -0.4 is 20.2 Å². The summed E-state index contributed by atoms with van der Waals surface area (Å²) in [6, 6.07) is 16.8. The largest absolute Gasteiger partial charge is 0.493 e. The van der Waals surface area contributed by atoms with Gasteiger partial charge in [-0.25, -0.2) is 9.82 Å². The number of nitrogens with one attached hydrogen (secondary N) is 2. The molecule has 2 N–H and O–H groups in total. The minimum absolute atomic E-state index is 0.226. The molecule has 8 nitrogen and oxygen atoms in total. The maximum atomic E-state index is 13.1. The molecule has 0 aromatic heterocycles. The number of rotatable bonds is 10. The Bertz CT molecular complexity index is 1350. The lowest BCUT2D eigenvalue weighted by molar-refractivity contribution is -0.123. The number of nitrogens with zero attached hydrogens (tertiary/aromatic N) is 2. The quantitative estimate of drug-likeness (QED) is 0.260. The van der Waals surface area contributed by atoms with E-state index >= 15 is 0 Å². The van der Waals surface area contributed by atoms with Gasteiger partial charge in [0.1, 0.15) is 18.5 Å². The lowest BCUT2D eigenvalue weighted by Crippen LogP contribution is -2.48. The zero-order chi connectivity index (χ0) is 27.7. The summed E-state index contributed by atoms with van der Waals surface area (Å²) < 4.78 is 25.1. The molecule has 0 saturated carbocycles. The van der Waals surface area contributed by atoms with Crippen molar-refractivity contribution in [3.8, 4) is 17.6 Å². The number of amides is 2. The fraction of sp³-hybridized carbons (Fsp3) is 0.214. The number of halogens is 2. The molecular weight excluding hydrogens is 555 g/mol. The zero-order valence-corrected chi connectivity index (χ0v) is 22.6. The third-order valence-electron chi connectivity index (χ3n) is 5.45. The molecule has 3 aromatic rings. The molecule has 3 rings (SSSR count). The third-order valence-corrected chi connectivity index (χ3v) is 6.04. The van der Waals surface area contributed by atoms with Crippen molar-refractivity contribution < 1.29 is 23.5 Å². The SMILES string of the molecule is COc1cc(C=NNC(=O)C(NC(=O)c2ccc(F)cc2)C(C)C)cc(Br)c1OCc1ccc(C#N)cc1. The number of carbonyl (C=O) groups excluding carboxylic acids is 2. The average molecular weight is 581 g/mol. The Morgan fingerprint density at radius 2 is 1.82 bits per heavy atom. The Morgan fingerprint density at radius 3 is 2.42 bits per heavy atom. The second kappa shape index (κ2) is 13.4. The molecule has 0 aliphatic heterocycles. The number of benzene rings is 3. The highest BCUT2D eigenvalue weighted by Gasteiger charge is 2.24. The van der Waals surface area contributed by atoms with E-state index in [0.717, 1.165) is 5.56 Å². The Kier molecular flexibility index (Phi) is 9.96. The molecule has 10 heteroatoms. The Morgan fingerprint density at radius 1 is 1.13 bits per heavy atom. The Balaban J connectivity index is 1.65. The van der Waals surface area contributed by atoms with E-state index in [1.165, 1.54) is 37.6 Å². The van der Waals surface area contributed by atoms with Gasteiger partial charge in [0, 0.05) is 5.56 Å². The summed E-state index contributed by atoms with van der Waals surface area (Å²) in [4.78, 5) is 25.2. The molecule has 0 radical (unpaired) electrons. The van der Waals surface area contributed by atoms with Gasteiger partial charge >= 0.3 is 0 Å². The van der Waals surface area contributed by atoms with Gasteiger partial charge in [-0.1, -0.05) is 26.0 Å². The monoisotopic (exact) mass is 580 g/mol. The fourth-order valence-corrected chi connectivity index (χ4v) is 3.96. The number of nitriles is 1. The first-order chi connectivity index (χ1) is 18.2. The summed E-state index contributed by atoms with van der Waals surface area (Å²) in [6.07, 6.45) is 1.44. The molecule has 0 bridgehead atoms. The number of ether oxygens (including phenoxy) is 2. The van der Waals surface area contributed by atoms with Crippen LogP contribution in [0.4, 0.5) is 4.39 Å². The fourth-order valence-electron chi connectivity index (χ4n) is 3.39. The molecule has 3 aromatic carbocycles. The van der Waals surface area contributed by atoms with Gasteiger partial charge in [-0.3, -0.25) is 9.59 Å². The Hall–Kier alpha value is -4.23. The van der Waals surface area contributed by atoms with Crippen LogP contribution in [0.25, 0.3) is 0 Å². The van der Waals surface area contributed by atoms with E-state index in [4.69, 9.17) is 14.7 Å². The minimum atomic E-state index is -0.857. The van der Waals surface area contributed by atoms with Gasteiger partial charge in [0.25, 0.3) is 11.8 Å². The van der Waals surface area contributed by atoms with E-state index in [9.17, 15) is 14.0 Å². The summed E-state index contributed by atoms with van der Waals surface area (Å²) >= 11 is 3.48.